The first kappa shape index (κ1) is 19.6. The summed E-state index contributed by atoms with van der Waals surface area (Å²) in [6.07, 6.45) is 1.85. The lowest BCUT2D eigenvalue weighted by atomic mass is 10.1. The number of carbonyl (C=O) groups is 1. The fourth-order valence-electron chi connectivity index (χ4n) is 4.07. The summed E-state index contributed by atoms with van der Waals surface area (Å²) in [6, 6.07) is 11.7. The Balaban J connectivity index is 1.70. The summed E-state index contributed by atoms with van der Waals surface area (Å²) in [7, 11) is -3.72. The second kappa shape index (κ2) is 7.26. The van der Waals surface area contributed by atoms with Gasteiger partial charge in [-0.05, 0) is 44.0 Å². The Morgan fingerprint density at radius 2 is 1.83 bits per heavy atom. The maximum Gasteiger partial charge on any atom is 0.250 e. The van der Waals surface area contributed by atoms with Gasteiger partial charge in [0.1, 0.15) is 19.3 Å². The third-order valence-corrected chi connectivity index (χ3v) is 6.53. The molecule has 2 aliphatic rings. The van der Waals surface area contributed by atoms with E-state index < -0.39 is 16.1 Å². The molecule has 2 aromatic rings. The predicted molar refractivity (Wildman–Crippen MR) is 111 cm³/mol. The number of amides is 1. The lowest BCUT2D eigenvalue weighted by molar-refractivity contribution is -0.119. The normalized spacial score (nSPS) is 18.9. The van der Waals surface area contributed by atoms with Gasteiger partial charge in [-0.3, -0.25) is 9.10 Å². The van der Waals surface area contributed by atoms with Crippen molar-refractivity contribution in [3.63, 3.8) is 0 Å². The number of hydrogen-bond donors (Lipinski definition) is 0. The molecule has 154 valence electrons. The smallest absolute Gasteiger partial charge is 0.250 e. The van der Waals surface area contributed by atoms with Crippen LogP contribution in [0.3, 0.4) is 0 Å². The molecule has 0 unspecified atom stereocenters. The summed E-state index contributed by atoms with van der Waals surface area (Å²) in [5, 5.41) is 0. The minimum atomic E-state index is -3.72. The van der Waals surface area contributed by atoms with Crippen LogP contribution in [0.4, 0.5) is 11.4 Å². The number of fused-ring (bicyclic) bond motifs is 2. The van der Waals surface area contributed by atoms with Crippen LogP contribution < -0.4 is 18.7 Å². The maximum absolute atomic E-state index is 13.4. The number of rotatable bonds is 4. The van der Waals surface area contributed by atoms with Gasteiger partial charge in [0, 0.05) is 17.8 Å². The lowest BCUT2D eigenvalue weighted by Gasteiger charge is -2.33. The summed E-state index contributed by atoms with van der Waals surface area (Å²) in [5.74, 6) is 0.777. The molecule has 2 aromatic carbocycles. The van der Waals surface area contributed by atoms with Crippen LogP contribution in [-0.4, -0.2) is 45.9 Å². The predicted octanol–water partition coefficient (Wildman–Crippen LogP) is 2.59. The van der Waals surface area contributed by atoms with Gasteiger partial charge >= 0.3 is 0 Å². The highest BCUT2D eigenvalue weighted by molar-refractivity contribution is 7.92. The number of anilines is 2. The van der Waals surface area contributed by atoms with Gasteiger partial charge in [0.15, 0.2) is 11.5 Å². The van der Waals surface area contributed by atoms with Crippen molar-refractivity contribution in [1.29, 1.82) is 0 Å². The molecule has 2 atom stereocenters. The van der Waals surface area contributed by atoms with Crippen LogP contribution in [0.2, 0.25) is 0 Å². The van der Waals surface area contributed by atoms with E-state index >= 15 is 0 Å². The van der Waals surface area contributed by atoms with Crippen molar-refractivity contribution in [2.75, 3.05) is 28.7 Å². The molecule has 29 heavy (non-hydrogen) atoms. The van der Waals surface area contributed by atoms with Crippen molar-refractivity contribution in [3.05, 3.63) is 48.0 Å². The van der Waals surface area contributed by atoms with Crippen LogP contribution >= 0.6 is 0 Å². The molecule has 0 fully saturated rings. The highest BCUT2D eigenvalue weighted by atomic mass is 32.2. The highest BCUT2D eigenvalue weighted by Crippen LogP contribution is 2.37. The fourth-order valence-corrected chi connectivity index (χ4v) is 5.24. The second-order valence-corrected chi connectivity index (χ2v) is 9.31. The van der Waals surface area contributed by atoms with Crippen LogP contribution in [0.25, 0.3) is 0 Å². The third kappa shape index (κ3) is 3.53. The molecule has 2 aliphatic heterocycles. The van der Waals surface area contributed by atoms with Crippen LogP contribution in [0.5, 0.6) is 11.5 Å². The maximum atomic E-state index is 13.4. The average molecular weight is 416 g/mol. The molecule has 7 nitrogen and oxygen atoms in total. The molecule has 0 radical (unpaired) electrons. The van der Waals surface area contributed by atoms with Gasteiger partial charge in [0.05, 0.1) is 11.9 Å². The Bertz CT molecular complexity index is 1050. The second-order valence-electron chi connectivity index (χ2n) is 7.45. The van der Waals surface area contributed by atoms with Crippen molar-refractivity contribution in [3.8, 4) is 11.5 Å². The van der Waals surface area contributed by atoms with E-state index in [1.165, 1.54) is 0 Å². The molecule has 0 saturated carbocycles. The minimum Gasteiger partial charge on any atom is -0.486 e. The largest absolute Gasteiger partial charge is 0.486 e. The van der Waals surface area contributed by atoms with Gasteiger partial charge < -0.3 is 14.4 Å². The number of para-hydroxylation sites is 1. The van der Waals surface area contributed by atoms with E-state index in [9.17, 15) is 13.2 Å². The molecule has 0 N–H and O–H groups in total. The summed E-state index contributed by atoms with van der Waals surface area (Å²) >= 11 is 0. The van der Waals surface area contributed by atoms with Gasteiger partial charge in [-0.1, -0.05) is 18.2 Å². The number of ether oxygens (including phenoxy) is 2. The van der Waals surface area contributed by atoms with Crippen LogP contribution in [0.1, 0.15) is 19.4 Å². The summed E-state index contributed by atoms with van der Waals surface area (Å²) in [5.41, 5.74) is 2.30. The average Bonchev–Trinajstić information content (AvgIpc) is 3.02. The zero-order valence-electron chi connectivity index (χ0n) is 16.7. The Morgan fingerprint density at radius 1 is 1.14 bits per heavy atom. The molecular formula is C21H24N2O5S. The van der Waals surface area contributed by atoms with Crippen LogP contribution in [-0.2, 0) is 21.2 Å². The molecule has 4 rings (SSSR count). The molecule has 2 heterocycles. The van der Waals surface area contributed by atoms with Crippen LogP contribution in [0, 0.1) is 0 Å². The van der Waals surface area contributed by atoms with Gasteiger partial charge in [0.2, 0.25) is 10.0 Å². The van der Waals surface area contributed by atoms with Gasteiger partial charge in [-0.15, -0.1) is 0 Å². The third-order valence-electron chi connectivity index (χ3n) is 5.29. The minimum absolute atomic E-state index is 0.0379. The fraction of sp³-hybridized carbons (Fsp3) is 0.381. The quantitative estimate of drug-likeness (QED) is 0.766. The first-order chi connectivity index (χ1) is 13.8. The molecule has 0 aromatic heterocycles. The van der Waals surface area contributed by atoms with Crippen molar-refractivity contribution in [2.24, 2.45) is 0 Å². The number of carbonyl (C=O) groups excluding carboxylic acids is 1. The monoisotopic (exact) mass is 416 g/mol. The van der Waals surface area contributed by atoms with Crippen LogP contribution in [0.15, 0.2) is 42.5 Å². The van der Waals surface area contributed by atoms with E-state index in [0.717, 1.165) is 28.2 Å². The molecule has 0 bridgehead atoms. The van der Waals surface area contributed by atoms with Gasteiger partial charge in [-0.2, -0.15) is 0 Å². The number of nitrogens with zero attached hydrogens (tertiary/aromatic N) is 2. The van der Waals surface area contributed by atoms with Gasteiger partial charge in [0.25, 0.3) is 5.91 Å². The van der Waals surface area contributed by atoms with E-state index in [0.29, 0.717) is 30.4 Å². The van der Waals surface area contributed by atoms with Crippen molar-refractivity contribution >= 4 is 27.3 Å². The van der Waals surface area contributed by atoms with Gasteiger partial charge in [-0.25, -0.2) is 8.42 Å². The zero-order chi connectivity index (χ0) is 20.8. The van der Waals surface area contributed by atoms with E-state index in [1.807, 2.05) is 31.2 Å². The molecule has 0 aliphatic carbocycles. The molecule has 1 amide bonds. The lowest BCUT2D eigenvalue weighted by Crippen LogP contribution is -2.51. The van der Waals surface area contributed by atoms with Crippen molar-refractivity contribution in [1.82, 2.24) is 0 Å². The Labute approximate surface area is 170 Å². The molecular weight excluding hydrogens is 392 g/mol. The van der Waals surface area contributed by atoms with Crippen molar-refractivity contribution in [2.45, 2.75) is 32.4 Å². The molecule has 8 heteroatoms. The molecule has 0 saturated heterocycles. The summed E-state index contributed by atoms with van der Waals surface area (Å²) in [6.45, 7) is 4.43. The Morgan fingerprint density at radius 3 is 2.55 bits per heavy atom. The topological polar surface area (TPSA) is 76.2 Å². The van der Waals surface area contributed by atoms with E-state index in [-0.39, 0.29) is 11.9 Å². The summed E-state index contributed by atoms with van der Waals surface area (Å²) in [4.78, 5) is 15.1. The highest BCUT2D eigenvalue weighted by Gasteiger charge is 2.38. The SMILES string of the molecule is C[C@@H]1Cc2ccccc2N1C(=O)[C@@H](C)N(c1ccc2c(c1)OCCO2)S(C)(=O)=O. The van der Waals surface area contributed by atoms with E-state index in [4.69, 9.17) is 9.47 Å². The number of benzene rings is 2. The first-order valence-corrected chi connectivity index (χ1v) is 11.4. The zero-order valence-corrected chi connectivity index (χ0v) is 17.5. The number of hydrogen-bond acceptors (Lipinski definition) is 5. The Kier molecular flexibility index (Phi) is 4.90. The Hall–Kier alpha value is -2.74. The van der Waals surface area contributed by atoms with Crippen molar-refractivity contribution < 1.29 is 22.7 Å². The standard InChI is InChI=1S/C21H24N2O5S/c1-14-12-16-6-4-5-7-18(16)22(14)21(24)15(2)23(29(3,25)26)17-8-9-19-20(13-17)28-11-10-27-19/h4-9,13-15H,10-12H2,1-3H3/t14-,15-/m1/s1. The molecule has 0 spiro atoms. The number of sulfonamides is 1. The first-order valence-electron chi connectivity index (χ1n) is 9.57. The van der Waals surface area contributed by atoms with E-state index in [1.54, 1.807) is 30.0 Å². The summed E-state index contributed by atoms with van der Waals surface area (Å²) < 4.78 is 37.6. The van der Waals surface area contributed by atoms with E-state index in [2.05, 4.69) is 0 Å².